The maximum absolute atomic E-state index is 12.7. The van der Waals surface area contributed by atoms with E-state index in [1.165, 1.54) is 6.26 Å². The summed E-state index contributed by atoms with van der Waals surface area (Å²) in [7, 11) is 0. The molecule has 0 unspecified atom stereocenters. The van der Waals surface area contributed by atoms with Crippen LogP contribution >= 0.6 is 24.8 Å². The van der Waals surface area contributed by atoms with Crippen LogP contribution in [0.2, 0.25) is 0 Å². The summed E-state index contributed by atoms with van der Waals surface area (Å²) in [5, 5.41) is 0.600. The van der Waals surface area contributed by atoms with Gasteiger partial charge in [-0.15, -0.1) is 24.8 Å². The van der Waals surface area contributed by atoms with Crippen molar-refractivity contribution in [3.63, 3.8) is 0 Å². The second kappa shape index (κ2) is 8.79. The van der Waals surface area contributed by atoms with Crippen LogP contribution in [0.3, 0.4) is 0 Å². The number of nitrogens with zero attached hydrogens (tertiary/aromatic N) is 2. The first-order chi connectivity index (χ1) is 11.8. The standard InChI is InChI=1S/C20H16N2O2.2ClH/c23-20-16(13-24-18-8-2-1-7-17(18)20)11-14-5-4-10-22-19(14)15-6-3-9-21-12-15;;/h1-3,6-9,11-13H,4-5,10H2;2*1H/b14-11+;;. The molecule has 0 bridgehead atoms. The van der Waals surface area contributed by atoms with Gasteiger partial charge in [0.15, 0.2) is 5.43 Å². The van der Waals surface area contributed by atoms with E-state index in [4.69, 9.17) is 4.42 Å². The first-order valence-electron chi connectivity index (χ1n) is 7.99. The molecule has 26 heavy (non-hydrogen) atoms. The van der Waals surface area contributed by atoms with Gasteiger partial charge >= 0.3 is 0 Å². The monoisotopic (exact) mass is 388 g/mol. The molecule has 0 atom stereocenters. The van der Waals surface area contributed by atoms with E-state index in [2.05, 4.69) is 9.98 Å². The molecule has 0 amide bonds. The van der Waals surface area contributed by atoms with E-state index < -0.39 is 0 Å². The fraction of sp³-hybridized carbons (Fsp3) is 0.150. The van der Waals surface area contributed by atoms with Crippen LogP contribution in [0.25, 0.3) is 17.0 Å². The number of aliphatic imine (C=N–C) groups is 1. The van der Waals surface area contributed by atoms with E-state index in [-0.39, 0.29) is 30.2 Å². The number of fused-ring (bicyclic) bond motifs is 1. The zero-order valence-electron chi connectivity index (χ0n) is 13.9. The van der Waals surface area contributed by atoms with Crippen molar-refractivity contribution in [3.8, 4) is 0 Å². The van der Waals surface area contributed by atoms with Gasteiger partial charge in [-0.1, -0.05) is 12.1 Å². The molecule has 3 heterocycles. The van der Waals surface area contributed by atoms with E-state index in [0.29, 0.717) is 16.5 Å². The maximum atomic E-state index is 12.7. The molecular formula is C20H18Cl2N2O2. The highest BCUT2D eigenvalue weighted by Gasteiger charge is 2.15. The van der Waals surface area contributed by atoms with Crippen molar-refractivity contribution in [1.29, 1.82) is 0 Å². The molecule has 0 spiro atoms. The minimum atomic E-state index is -0.0135. The third kappa shape index (κ3) is 3.87. The van der Waals surface area contributed by atoms with E-state index >= 15 is 0 Å². The Morgan fingerprint density at radius 2 is 1.92 bits per heavy atom. The highest BCUT2D eigenvalue weighted by molar-refractivity contribution is 6.15. The van der Waals surface area contributed by atoms with Crippen LogP contribution in [0.5, 0.6) is 0 Å². The summed E-state index contributed by atoms with van der Waals surface area (Å²) in [5.41, 5.74) is 4.10. The van der Waals surface area contributed by atoms with E-state index in [1.807, 2.05) is 30.3 Å². The largest absolute Gasteiger partial charge is 0.463 e. The fourth-order valence-electron chi connectivity index (χ4n) is 2.98. The molecule has 2 aromatic heterocycles. The number of pyridine rings is 1. The summed E-state index contributed by atoms with van der Waals surface area (Å²) < 4.78 is 5.61. The Morgan fingerprint density at radius 3 is 2.73 bits per heavy atom. The Morgan fingerprint density at radius 1 is 1.08 bits per heavy atom. The molecule has 0 fully saturated rings. The number of hydrogen-bond acceptors (Lipinski definition) is 4. The van der Waals surface area contributed by atoms with Crippen LogP contribution in [0, 0.1) is 0 Å². The van der Waals surface area contributed by atoms with Crippen molar-refractivity contribution in [2.75, 3.05) is 6.54 Å². The molecule has 6 heteroatoms. The van der Waals surface area contributed by atoms with Crippen molar-refractivity contribution in [2.45, 2.75) is 12.8 Å². The summed E-state index contributed by atoms with van der Waals surface area (Å²) in [6.45, 7) is 0.799. The van der Waals surface area contributed by atoms with Crippen molar-refractivity contribution >= 4 is 47.6 Å². The van der Waals surface area contributed by atoms with E-state index in [0.717, 1.165) is 36.2 Å². The van der Waals surface area contributed by atoms with Crippen LogP contribution in [0.15, 0.2) is 74.8 Å². The molecule has 1 aliphatic rings. The molecule has 4 rings (SSSR count). The fourth-order valence-corrected chi connectivity index (χ4v) is 2.98. The van der Waals surface area contributed by atoms with Crippen molar-refractivity contribution < 1.29 is 4.42 Å². The first-order valence-corrected chi connectivity index (χ1v) is 7.99. The number of rotatable bonds is 2. The molecule has 4 nitrogen and oxygen atoms in total. The van der Waals surface area contributed by atoms with Crippen LogP contribution in [-0.4, -0.2) is 17.2 Å². The summed E-state index contributed by atoms with van der Waals surface area (Å²) >= 11 is 0. The Hall–Kier alpha value is -2.43. The van der Waals surface area contributed by atoms with Crippen LogP contribution in [-0.2, 0) is 0 Å². The second-order valence-corrected chi connectivity index (χ2v) is 5.76. The smallest absolute Gasteiger partial charge is 0.199 e. The SMILES string of the molecule is Cl.Cl.O=c1c(/C=C2\CCCN=C2c2cccnc2)coc2ccccc12. The van der Waals surface area contributed by atoms with E-state index in [9.17, 15) is 4.79 Å². The number of hydrogen-bond donors (Lipinski definition) is 0. The highest BCUT2D eigenvalue weighted by atomic mass is 35.5. The Labute approximate surface area is 163 Å². The predicted molar refractivity (Wildman–Crippen MR) is 110 cm³/mol. The van der Waals surface area contributed by atoms with Crippen LogP contribution in [0.4, 0.5) is 0 Å². The number of benzene rings is 1. The van der Waals surface area contributed by atoms with Gasteiger partial charge in [0.05, 0.1) is 16.7 Å². The number of aromatic nitrogens is 1. The van der Waals surface area contributed by atoms with Gasteiger partial charge in [0.2, 0.25) is 0 Å². The quantitative estimate of drug-likeness (QED) is 0.639. The minimum Gasteiger partial charge on any atom is -0.463 e. The molecule has 134 valence electrons. The van der Waals surface area contributed by atoms with Gasteiger partial charge in [-0.3, -0.25) is 14.8 Å². The maximum Gasteiger partial charge on any atom is 0.199 e. The third-order valence-corrected chi connectivity index (χ3v) is 4.15. The highest BCUT2D eigenvalue weighted by Crippen LogP contribution is 2.22. The normalized spacial score (nSPS) is 15.1. The van der Waals surface area contributed by atoms with Crippen LogP contribution < -0.4 is 5.43 Å². The molecule has 0 saturated carbocycles. The molecule has 1 aliphatic heterocycles. The first kappa shape index (κ1) is 19.9. The minimum absolute atomic E-state index is 0. The number of halogens is 2. The Balaban J connectivity index is 0.00000121. The number of allylic oxidation sites excluding steroid dienone is 1. The molecule has 0 aliphatic carbocycles. The van der Waals surface area contributed by atoms with E-state index in [1.54, 1.807) is 24.5 Å². The van der Waals surface area contributed by atoms with Crippen molar-refractivity contribution in [1.82, 2.24) is 4.98 Å². The van der Waals surface area contributed by atoms with Crippen molar-refractivity contribution in [3.05, 3.63) is 82.0 Å². The lowest BCUT2D eigenvalue weighted by molar-refractivity contribution is 0.601. The van der Waals surface area contributed by atoms with Gasteiger partial charge in [-0.25, -0.2) is 0 Å². The van der Waals surface area contributed by atoms with Gasteiger partial charge in [0.1, 0.15) is 11.8 Å². The summed E-state index contributed by atoms with van der Waals surface area (Å²) in [6, 6.07) is 11.2. The number of para-hydroxylation sites is 1. The zero-order chi connectivity index (χ0) is 16.4. The van der Waals surface area contributed by atoms with Gasteiger partial charge in [0, 0.05) is 24.5 Å². The average molecular weight is 389 g/mol. The molecule has 0 saturated heterocycles. The zero-order valence-corrected chi connectivity index (χ0v) is 15.6. The van der Waals surface area contributed by atoms with Gasteiger partial charge in [-0.05, 0) is 48.8 Å². The summed E-state index contributed by atoms with van der Waals surface area (Å²) in [6.07, 6.45) is 8.86. The average Bonchev–Trinajstić information content (AvgIpc) is 2.65. The molecule has 3 aromatic rings. The van der Waals surface area contributed by atoms with Gasteiger partial charge < -0.3 is 4.42 Å². The predicted octanol–water partition coefficient (Wildman–Crippen LogP) is 4.70. The second-order valence-electron chi connectivity index (χ2n) is 5.76. The topological polar surface area (TPSA) is 55.5 Å². The molecular weight excluding hydrogens is 371 g/mol. The summed E-state index contributed by atoms with van der Waals surface area (Å²) in [5.74, 6) is 0. The van der Waals surface area contributed by atoms with Crippen molar-refractivity contribution in [2.24, 2.45) is 4.99 Å². The Bertz CT molecular complexity index is 1010. The lowest BCUT2D eigenvalue weighted by Gasteiger charge is -2.16. The van der Waals surface area contributed by atoms with Gasteiger partial charge in [0.25, 0.3) is 0 Å². The Kier molecular flexibility index (Phi) is 6.72. The lowest BCUT2D eigenvalue weighted by Crippen LogP contribution is -2.13. The summed E-state index contributed by atoms with van der Waals surface area (Å²) in [4.78, 5) is 21.5. The van der Waals surface area contributed by atoms with Crippen LogP contribution in [0.1, 0.15) is 24.0 Å². The lowest BCUT2D eigenvalue weighted by atomic mass is 9.95. The molecule has 1 aromatic carbocycles. The molecule has 0 radical (unpaired) electrons. The third-order valence-electron chi connectivity index (χ3n) is 4.15. The molecule has 0 N–H and O–H groups in total. The van der Waals surface area contributed by atoms with Gasteiger partial charge in [-0.2, -0.15) is 0 Å².